The minimum Gasteiger partial charge on any atom is -0.496 e. The summed E-state index contributed by atoms with van der Waals surface area (Å²) < 4.78 is 6.20. The van der Waals surface area contributed by atoms with Crippen LogP contribution in [-0.2, 0) is 5.75 Å². The Hall–Kier alpha value is -1.40. The fraction of sp³-hybridized carbons (Fsp3) is 0.250. The van der Waals surface area contributed by atoms with Crippen LogP contribution in [0.15, 0.2) is 22.5 Å². The van der Waals surface area contributed by atoms with Gasteiger partial charge in [-0.05, 0) is 25.1 Å². The van der Waals surface area contributed by atoms with E-state index in [2.05, 4.69) is 10.2 Å². The smallest absolute Gasteiger partial charge is 0.174 e. The normalized spacial score (nSPS) is 10.3. The third kappa shape index (κ3) is 3.08. The maximum atomic E-state index is 10.8. The Bertz CT molecular complexity index is 555. The number of aryl methyl sites for hydroxylation is 1. The van der Waals surface area contributed by atoms with Gasteiger partial charge in [-0.15, -0.1) is 10.2 Å². The van der Waals surface area contributed by atoms with Crippen molar-refractivity contribution in [2.45, 2.75) is 17.0 Å². The lowest BCUT2D eigenvalue weighted by molar-refractivity contribution is 0.112. The zero-order valence-electron chi connectivity index (χ0n) is 10.0. The maximum absolute atomic E-state index is 10.8. The number of methoxy groups -OCH3 is 1. The van der Waals surface area contributed by atoms with Crippen LogP contribution in [0.2, 0.25) is 0 Å². The number of aldehydes is 1. The molecule has 0 spiro atoms. The van der Waals surface area contributed by atoms with E-state index in [4.69, 9.17) is 4.74 Å². The quantitative estimate of drug-likeness (QED) is 0.622. The summed E-state index contributed by atoms with van der Waals surface area (Å²) in [5.41, 5.74) is 1.64. The second-order valence-corrected chi connectivity index (χ2v) is 5.97. The van der Waals surface area contributed by atoms with E-state index in [9.17, 15) is 4.79 Å². The van der Waals surface area contributed by atoms with Crippen molar-refractivity contribution in [1.29, 1.82) is 0 Å². The van der Waals surface area contributed by atoms with Crippen LogP contribution in [0, 0.1) is 6.92 Å². The van der Waals surface area contributed by atoms with E-state index in [0.717, 1.165) is 26.9 Å². The van der Waals surface area contributed by atoms with E-state index in [-0.39, 0.29) is 0 Å². The molecule has 0 aliphatic heterocycles. The van der Waals surface area contributed by atoms with Crippen LogP contribution in [0.5, 0.6) is 5.75 Å². The monoisotopic (exact) mass is 280 g/mol. The molecule has 1 aromatic carbocycles. The van der Waals surface area contributed by atoms with Crippen LogP contribution in [0.25, 0.3) is 0 Å². The van der Waals surface area contributed by atoms with E-state index in [1.165, 1.54) is 0 Å². The van der Waals surface area contributed by atoms with Crippen LogP contribution < -0.4 is 4.74 Å². The van der Waals surface area contributed by atoms with Crippen LogP contribution in [0.3, 0.4) is 0 Å². The summed E-state index contributed by atoms with van der Waals surface area (Å²) in [6.07, 6.45) is 0.836. The fourth-order valence-electron chi connectivity index (χ4n) is 1.46. The number of rotatable bonds is 5. The van der Waals surface area contributed by atoms with E-state index in [1.807, 2.05) is 19.1 Å². The number of hydrogen-bond acceptors (Lipinski definition) is 6. The Morgan fingerprint density at radius 3 is 2.89 bits per heavy atom. The van der Waals surface area contributed by atoms with Crippen molar-refractivity contribution in [3.05, 3.63) is 34.3 Å². The van der Waals surface area contributed by atoms with E-state index in [0.29, 0.717) is 11.3 Å². The minimum atomic E-state index is 0.653. The van der Waals surface area contributed by atoms with Crippen molar-refractivity contribution in [1.82, 2.24) is 10.2 Å². The molecule has 4 nitrogen and oxygen atoms in total. The number of carbonyl (C=O) groups excluding carboxylic acids is 1. The number of aromatic nitrogens is 2. The number of nitrogens with zero attached hydrogens (tertiary/aromatic N) is 2. The first-order valence-electron chi connectivity index (χ1n) is 5.28. The number of ether oxygens (including phenoxy) is 1. The summed E-state index contributed by atoms with van der Waals surface area (Å²) in [6, 6.07) is 5.40. The first kappa shape index (κ1) is 13.0. The number of hydrogen-bond donors (Lipinski definition) is 0. The van der Waals surface area contributed by atoms with Gasteiger partial charge in [0.25, 0.3) is 0 Å². The van der Waals surface area contributed by atoms with E-state index < -0.39 is 0 Å². The maximum Gasteiger partial charge on any atom is 0.174 e. The van der Waals surface area contributed by atoms with Crippen molar-refractivity contribution >= 4 is 29.4 Å². The molecule has 0 saturated heterocycles. The van der Waals surface area contributed by atoms with Crippen LogP contribution in [-0.4, -0.2) is 23.6 Å². The number of carbonyl (C=O) groups is 1. The zero-order chi connectivity index (χ0) is 13.0. The molecule has 0 fully saturated rings. The summed E-state index contributed by atoms with van der Waals surface area (Å²) in [5.74, 6) is 1.49. The van der Waals surface area contributed by atoms with Gasteiger partial charge in [-0.2, -0.15) is 0 Å². The number of thioether (sulfide) groups is 1. The molecular formula is C12H12N2O2S2. The Labute approximate surface area is 113 Å². The molecule has 2 rings (SSSR count). The second-order valence-electron chi connectivity index (χ2n) is 3.56. The standard InChI is InChI=1S/C12H12N2O2S2/c1-8-13-14-12(18-8)17-7-10-5-9(6-15)3-4-11(10)16-2/h3-6H,7H2,1-2H3. The molecule has 0 aliphatic rings. The SMILES string of the molecule is COc1ccc(C=O)cc1CSc1nnc(C)s1. The molecule has 0 N–H and O–H groups in total. The molecule has 6 heteroatoms. The molecule has 0 aliphatic carbocycles. The summed E-state index contributed by atoms with van der Waals surface area (Å²) in [6.45, 7) is 1.93. The lowest BCUT2D eigenvalue weighted by atomic mass is 10.1. The average molecular weight is 280 g/mol. The first-order valence-corrected chi connectivity index (χ1v) is 7.08. The third-order valence-electron chi connectivity index (χ3n) is 2.30. The highest BCUT2D eigenvalue weighted by Gasteiger charge is 2.07. The van der Waals surface area contributed by atoms with Gasteiger partial charge in [-0.1, -0.05) is 23.1 Å². The molecule has 1 heterocycles. The molecule has 0 unspecified atom stereocenters. The van der Waals surface area contributed by atoms with Crippen molar-refractivity contribution in [2.24, 2.45) is 0 Å². The van der Waals surface area contributed by atoms with Gasteiger partial charge in [0.1, 0.15) is 17.0 Å². The van der Waals surface area contributed by atoms with Crippen LogP contribution >= 0.6 is 23.1 Å². The first-order chi connectivity index (χ1) is 8.72. The van der Waals surface area contributed by atoms with E-state index in [1.54, 1.807) is 36.3 Å². The molecular weight excluding hydrogens is 268 g/mol. The van der Waals surface area contributed by atoms with Gasteiger partial charge in [0, 0.05) is 16.9 Å². The van der Waals surface area contributed by atoms with Crippen LogP contribution in [0.1, 0.15) is 20.9 Å². The molecule has 2 aromatic rings. The Kier molecular flexibility index (Phi) is 4.33. The zero-order valence-corrected chi connectivity index (χ0v) is 11.7. The van der Waals surface area contributed by atoms with E-state index >= 15 is 0 Å². The van der Waals surface area contributed by atoms with Gasteiger partial charge >= 0.3 is 0 Å². The minimum absolute atomic E-state index is 0.653. The summed E-state index contributed by atoms with van der Waals surface area (Å²) in [7, 11) is 1.62. The molecule has 0 atom stereocenters. The van der Waals surface area contributed by atoms with Gasteiger partial charge in [-0.3, -0.25) is 4.79 Å². The highest BCUT2D eigenvalue weighted by molar-refractivity contribution is 8.00. The summed E-state index contributed by atoms with van der Waals surface area (Å²) >= 11 is 3.15. The average Bonchev–Trinajstić information content (AvgIpc) is 2.81. The van der Waals surface area contributed by atoms with Crippen molar-refractivity contribution in [2.75, 3.05) is 7.11 Å². The molecule has 94 valence electrons. The highest BCUT2D eigenvalue weighted by Crippen LogP contribution is 2.30. The Morgan fingerprint density at radius 2 is 2.28 bits per heavy atom. The van der Waals surface area contributed by atoms with Gasteiger partial charge < -0.3 is 4.74 Å². The molecule has 1 aromatic heterocycles. The lowest BCUT2D eigenvalue weighted by Gasteiger charge is -2.07. The lowest BCUT2D eigenvalue weighted by Crippen LogP contribution is -1.92. The van der Waals surface area contributed by atoms with Gasteiger partial charge in [0.05, 0.1) is 7.11 Å². The Balaban J connectivity index is 2.14. The molecule has 0 bridgehead atoms. The summed E-state index contributed by atoms with van der Waals surface area (Å²) in [4.78, 5) is 10.8. The molecule has 0 amide bonds. The van der Waals surface area contributed by atoms with Crippen molar-refractivity contribution < 1.29 is 9.53 Å². The van der Waals surface area contributed by atoms with Gasteiger partial charge in [-0.25, -0.2) is 0 Å². The summed E-state index contributed by atoms with van der Waals surface area (Å²) in [5, 5.41) is 8.97. The highest BCUT2D eigenvalue weighted by atomic mass is 32.2. The topological polar surface area (TPSA) is 52.1 Å². The largest absolute Gasteiger partial charge is 0.496 e. The third-order valence-corrected chi connectivity index (χ3v) is 4.32. The molecule has 0 radical (unpaired) electrons. The van der Waals surface area contributed by atoms with Crippen LogP contribution in [0.4, 0.5) is 0 Å². The predicted octanol–water partition coefficient (Wildman–Crippen LogP) is 2.96. The predicted molar refractivity (Wildman–Crippen MR) is 72.6 cm³/mol. The van der Waals surface area contributed by atoms with Gasteiger partial charge in [0.2, 0.25) is 0 Å². The Morgan fingerprint density at radius 1 is 1.44 bits per heavy atom. The molecule has 0 saturated carbocycles. The molecule has 18 heavy (non-hydrogen) atoms. The van der Waals surface area contributed by atoms with Gasteiger partial charge in [0.15, 0.2) is 4.34 Å². The number of benzene rings is 1. The van der Waals surface area contributed by atoms with Crippen molar-refractivity contribution in [3.8, 4) is 5.75 Å². The fourth-order valence-corrected chi connectivity index (χ4v) is 3.25. The second kappa shape index (κ2) is 5.97. The van der Waals surface area contributed by atoms with Crippen molar-refractivity contribution in [3.63, 3.8) is 0 Å².